The van der Waals surface area contributed by atoms with Gasteiger partial charge in [-0.3, -0.25) is 4.79 Å². The van der Waals surface area contributed by atoms with Crippen molar-refractivity contribution in [2.45, 2.75) is 45.1 Å². The molecule has 0 amide bonds. The molecule has 8 heteroatoms. The highest BCUT2D eigenvalue weighted by Crippen LogP contribution is 2.29. The Labute approximate surface area is 145 Å². The molecule has 8 nitrogen and oxygen atoms in total. The van der Waals surface area contributed by atoms with Crippen molar-refractivity contribution in [3.8, 4) is 0 Å². The number of azide groups is 1. The van der Waals surface area contributed by atoms with Crippen LogP contribution in [0.2, 0.25) is 0 Å². The first-order valence-electron chi connectivity index (χ1n) is 7.89. The molecule has 0 aliphatic rings. The molecule has 0 spiro atoms. The van der Waals surface area contributed by atoms with E-state index in [9.17, 15) is 15.0 Å². The number of aromatic nitrogens is 1. The lowest BCUT2D eigenvalue weighted by atomic mass is 10.0. The maximum absolute atomic E-state index is 12.1. The Morgan fingerprint density at radius 1 is 1.36 bits per heavy atom. The second-order valence-corrected chi connectivity index (χ2v) is 6.74. The van der Waals surface area contributed by atoms with Crippen LogP contribution in [0.5, 0.6) is 0 Å². The molecule has 0 bridgehead atoms. The van der Waals surface area contributed by atoms with Gasteiger partial charge in [0.2, 0.25) is 0 Å². The highest BCUT2D eigenvalue weighted by Gasteiger charge is 2.23. The number of hydrogen-bond acceptors (Lipinski definition) is 5. The van der Waals surface area contributed by atoms with Gasteiger partial charge in [-0.15, -0.1) is 0 Å². The molecular formula is C17H22N4O4. The third kappa shape index (κ3) is 4.73. The van der Waals surface area contributed by atoms with Crippen molar-refractivity contribution in [3.05, 3.63) is 46.5 Å². The Bertz CT molecular complexity index is 803. The molecule has 0 radical (unpaired) electrons. The highest BCUT2D eigenvalue weighted by molar-refractivity contribution is 5.85. The van der Waals surface area contributed by atoms with Crippen molar-refractivity contribution < 1.29 is 19.7 Å². The molecule has 25 heavy (non-hydrogen) atoms. The van der Waals surface area contributed by atoms with Gasteiger partial charge in [-0.2, -0.15) is 0 Å². The lowest BCUT2D eigenvalue weighted by molar-refractivity contribution is -0.155. The van der Waals surface area contributed by atoms with Crippen LogP contribution in [-0.2, 0) is 16.1 Å². The molecule has 1 heterocycles. The molecule has 2 rings (SSSR count). The number of carbonyl (C=O) groups excluding carboxylic acids is 1. The summed E-state index contributed by atoms with van der Waals surface area (Å²) < 4.78 is 7.00. The number of benzene rings is 1. The summed E-state index contributed by atoms with van der Waals surface area (Å²) in [5.74, 6) is -0.399. The molecule has 1 aromatic carbocycles. The number of carbonyl (C=O) groups is 1. The number of hydrogen-bond donors (Lipinski definition) is 2. The molecule has 0 aliphatic carbocycles. The Morgan fingerprint density at radius 3 is 2.68 bits per heavy atom. The number of aliphatic hydroxyl groups excluding tert-OH is 2. The zero-order valence-electron chi connectivity index (χ0n) is 14.5. The molecule has 134 valence electrons. The van der Waals surface area contributed by atoms with E-state index >= 15 is 0 Å². The van der Waals surface area contributed by atoms with E-state index < -0.39 is 23.8 Å². The zero-order valence-corrected chi connectivity index (χ0v) is 14.5. The van der Waals surface area contributed by atoms with Gasteiger partial charge in [-0.1, -0.05) is 23.3 Å². The summed E-state index contributed by atoms with van der Waals surface area (Å²) >= 11 is 0. The fraction of sp³-hybridized carbons (Fsp3) is 0.471. The van der Waals surface area contributed by atoms with Gasteiger partial charge in [0.15, 0.2) is 0 Å². The summed E-state index contributed by atoms with van der Waals surface area (Å²) in [6.45, 7) is 5.11. The van der Waals surface area contributed by atoms with E-state index in [-0.39, 0.29) is 13.1 Å². The average Bonchev–Trinajstić information content (AvgIpc) is 2.89. The normalized spacial score (nSPS) is 14.0. The Kier molecular flexibility index (Phi) is 5.69. The molecule has 0 saturated carbocycles. The van der Waals surface area contributed by atoms with Crippen molar-refractivity contribution in [2.24, 2.45) is 5.11 Å². The topological polar surface area (TPSA) is 120 Å². The first-order chi connectivity index (χ1) is 11.7. The largest absolute Gasteiger partial charge is 0.459 e. The van der Waals surface area contributed by atoms with Gasteiger partial charge in [0.05, 0.1) is 12.6 Å². The molecule has 1 aromatic heterocycles. The second kappa shape index (κ2) is 7.57. The minimum Gasteiger partial charge on any atom is -0.459 e. The van der Waals surface area contributed by atoms with Crippen molar-refractivity contribution in [3.63, 3.8) is 0 Å². The van der Waals surface area contributed by atoms with Crippen LogP contribution in [0.1, 0.15) is 32.4 Å². The van der Waals surface area contributed by atoms with Crippen molar-refractivity contribution in [1.82, 2.24) is 4.57 Å². The Morgan fingerprint density at radius 2 is 2.04 bits per heavy atom. The third-order valence-electron chi connectivity index (χ3n) is 3.55. The van der Waals surface area contributed by atoms with Crippen molar-refractivity contribution in [2.75, 3.05) is 6.54 Å². The fourth-order valence-corrected chi connectivity index (χ4v) is 2.58. The molecule has 0 fully saturated rings. The summed E-state index contributed by atoms with van der Waals surface area (Å²) in [5.41, 5.74) is 8.95. The van der Waals surface area contributed by atoms with Gasteiger partial charge in [-0.05, 0) is 32.4 Å². The zero-order chi connectivity index (χ0) is 18.6. The van der Waals surface area contributed by atoms with Crippen LogP contribution in [0.15, 0.2) is 35.6 Å². The summed E-state index contributed by atoms with van der Waals surface area (Å²) in [5, 5.41) is 24.4. The van der Waals surface area contributed by atoms with Gasteiger partial charge < -0.3 is 19.5 Å². The minimum atomic E-state index is -1.24. The standard InChI is InChI=1S/C17H22N4O4/c1-17(2,3)25-15(23)10-21-9-12(11-6-4-5-7-13(11)21)16(24)14(22)8-19-20-18/h4-7,9,14,16,22,24H,8,10H2,1-3H3. The van der Waals surface area contributed by atoms with Crippen LogP contribution >= 0.6 is 0 Å². The summed E-state index contributed by atoms with van der Waals surface area (Å²) in [6, 6.07) is 7.23. The second-order valence-electron chi connectivity index (χ2n) is 6.74. The number of aliphatic hydroxyl groups is 2. The van der Waals surface area contributed by atoms with E-state index in [0.29, 0.717) is 10.9 Å². The summed E-state index contributed by atoms with van der Waals surface area (Å²) in [6.07, 6.45) is -0.870. The van der Waals surface area contributed by atoms with Crippen LogP contribution in [-0.4, -0.2) is 39.0 Å². The van der Waals surface area contributed by atoms with E-state index in [2.05, 4.69) is 10.0 Å². The lowest BCUT2D eigenvalue weighted by Gasteiger charge is -2.19. The SMILES string of the molecule is CC(C)(C)OC(=O)Cn1cc(C(O)C(O)CN=[N+]=[N-])c2ccccc21. The Hall–Kier alpha value is -2.54. The first-order valence-corrected chi connectivity index (χ1v) is 7.89. The van der Waals surface area contributed by atoms with E-state index in [1.165, 1.54) is 0 Å². The lowest BCUT2D eigenvalue weighted by Crippen LogP contribution is -2.26. The maximum atomic E-state index is 12.1. The predicted molar refractivity (Wildman–Crippen MR) is 92.8 cm³/mol. The minimum absolute atomic E-state index is 0.0169. The van der Waals surface area contributed by atoms with Crippen LogP contribution < -0.4 is 0 Å². The monoisotopic (exact) mass is 346 g/mol. The highest BCUT2D eigenvalue weighted by atomic mass is 16.6. The van der Waals surface area contributed by atoms with Gasteiger partial charge in [-0.25, -0.2) is 0 Å². The number of ether oxygens (including phenoxy) is 1. The smallest absolute Gasteiger partial charge is 0.326 e. The summed E-state index contributed by atoms with van der Waals surface area (Å²) in [4.78, 5) is 14.7. The average molecular weight is 346 g/mol. The molecule has 2 N–H and O–H groups in total. The number of rotatable bonds is 6. The third-order valence-corrected chi connectivity index (χ3v) is 3.55. The van der Waals surface area contributed by atoms with Gasteiger partial charge in [0, 0.05) is 27.6 Å². The van der Waals surface area contributed by atoms with Gasteiger partial charge in [0.1, 0.15) is 18.2 Å². The van der Waals surface area contributed by atoms with Crippen LogP contribution in [0.25, 0.3) is 21.3 Å². The molecular weight excluding hydrogens is 324 g/mol. The van der Waals surface area contributed by atoms with Crippen molar-refractivity contribution >= 4 is 16.9 Å². The number of para-hydroxylation sites is 1. The van der Waals surface area contributed by atoms with Crippen LogP contribution in [0.3, 0.4) is 0 Å². The van der Waals surface area contributed by atoms with Crippen molar-refractivity contribution in [1.29, 1.82) is 0 Å². The van der Waals surface area contributed by atoms with E-state index in [4.69, 9.17) is 10.3 Å². The summed E-state index contributed by atoms with van der Waals surface area (Å²) in [7, 11) is 0. The first kappa shape index (κ1) is 18.8. The molecule has 2 unspecified atom stereocenters. The number of fused-ring (bicyclic) bond motifs is 1. The molecule has 0 aliphatic heterocycles. The quantitative estimate of drug-likeness (QED) is 0.361. The molecule has 2 atom stereocenters. The molecule has 2 aromatic rings. The molecule has 0 saturated heterocycles. The van der Waals surface area contributed by atoms with E-state index in [0.717, 1.165) is 5.52 Å². The fourth-order valence-electron chi connectivity index (χ4n) is 2.58. The van der Waals surface area contributed by atoms with E-state index in [1.807, 2.05) is 12.1 Å². The maximum Gasteiger partial charge on any atom is 0.326 e. The number of nitrogens with zero attached hydrogens (tertiary/aromatic N) is 4. The van der Waals surface area contributed by atoms with Gasteiger partial charge in [0.25, 0.3) is 0 Å². The van der Waals surface area contributed by atoms with Crippen LogP contribution in [0, 0.1) is 0 Å². The van der Waals surface area contributed by atoms with E-state index in [1.54, 1.807) is 43.7 Å². The Balaban J connectivity index is 2.34. The number of esters is 1. The van der Waals surface area contributed by atoms with Gasteiger partial charge >= 0.3 is 5.97 Å². The van der Waals surface area contributed by atoms with Crippen LogP contribution in [0.4, 0.5) is 0 Å². The predicted octanol–water partition coefficient (Wildman–Crippen LogP) is 2.69.